The van der Waals surface area contributed by atoms with Crippen LogP contribution >= 0.6 is 0 Å². The molecule has 1 atom stereocenters. The molecule has 0 radical (unpaired) electrons. The maximum atomic E-state index is 12.1. The van der Waals surface area contributed by atoms with E-state index in [0.29, 0.717) is 25.6 Å². The number of halogens is 3. The average Bonchev–Trinajstić information content (AvgIpc) is 2.65. The summed E-state index contributed by atoms with van der Waals surface area (Å²) in [5.41, 5.74) is 0. The lowest BCUT2D eigenvalue weighted by Gasteiger charge is -2.20. The molecule has 0 aliphatic carbocycles. The van der Waals surface area contributed by atoms with Crippen LogP contribution in [0.15, 0.2) is 6.33 Å². The number of nitrogens with one attached hydrogen (secondary N) is 1. The molecule has 5 nitrogen and oxygen atoms in total. The second-order valence-electron chi connectivity index (χ2n) is 3.50. The van der Waals surface area contributed by atoms with Gasteiger partial charge in [0.05, 0.1) is 19.3 Å². The highest BCUT2D eigenvalue weighted by molar-refractivity contribution is 4.93. The summed E-state index contributed by atoms with van der Waals surface area (Å²) in [5, 5.41) is 6.83. The Morgan fingerprint density at radius 1 is 1.56 bits per heavy atom. The summed E-state index contributed by atoms with van der Waals surface area (Å²) < 4.78 is 42.1. The fraction of sp³-hybridized carbons (Fsp3) is 0.750. The van der Waals surface area contributed by atoms with Crippen molar-refractivity contribution in [1.82, 2.24) is 20.1 Å². The van der Waals surface area contributed by atoms with Crippen LogP contribution in [0.3, 0.4) is 0 Å². The zero-order valence-electron chi connectivity index (χ0n) is 8.37. The summed E-state index contributed by atoms with van der Waals surface area (Å²) in [6.07, 6.45) is -3.19. The van der Waals surface area contributed by atoms with Crippen molar-refractivity contribution in [3.8, 4) is 0 Å². The third-order valence-electron chi connectivity index (χ3n) is 2.13. The lowest BCUT2D eigenvalue weighted by atomic mass is 10.3. The van der Waals surface area contributed by atoms with Crippen molar-refractivity contribution in [2.24, 2.45) is 0 Å². The Hall–Kier alpha value is -1.15. The first-order valence-electron chi connectivity index (χ1n) is 4.82. The fourth-order valence-electron chi connectivity index (χ4n) is 1.46. The van der Waals surface area contributed by atoms with E-state index in [0.717, 1.165) is 11.0 Å². The molecule has 1 N–H and O–H groups in total. The Morgan fingerprint density at radius 3 is 3.00 bits per heavy atom. The number of hydrogen-bond donors (Lipinski definition) is 1. The summed E-state index contributed by atoms with van der Waals surface area (Å²) in [6.45, 7) is 0.516. The summed E-state index contributed by atoms with van der Waals surface area (Å²) in [5.74, 6) is 0.337. The number of ether oxygens (including phenoxy) is 1. The SMILES string of the molecule is FC(F)(F)Cn1cnc([C@@H]2COCCN2)n1. The molecule has 1 aromatic heterocycles. The van der Waals surface area contributed by atoms with Gasteiger partial charge in [-0.05, 0) is 0 Å². The van der Waals surface area contributed by atoms with Crippen molar-refractivity contribution in [3.05, 3.63) is 12.2 Å². The quantitative estimate of drug-likeness (QED) is 0.812. The number of aromatic nitrogens is 3. The number of nitrogens with zero attached hydrogens (tertiary/aromatic N) is 3. The standard InChI is InChI=1S/C8H11F3N4O/c9-8(10,11)4-15-5-13-7(14-15)6-3-16-2-1-12-6/h5-6,12H,1-4H2/t6-/m0/s1. The molecule has 0 bridgehead atoms. The van der Waals surface area contributed by atoms with E-state index in [-0.39, 0.29) is 6.04 Å². The van der Waals surface area contributed by atoms with Gasteiger partial charge < -0.3 is 10.1 Å². The highest BCUT2D eigenvalue weighted by Crippen LogP contribution is 2.17. The molecule has 0 unspecified atom stereocenters. The number of morpholine rings is 1. The number of rotatable bonds is 2. The van der Waals surface area contributed by atoms with Gasteiger partial charge in [0, 0.05) is 6.54 Å². The number of hydrogen-bond acceptors (Lipinski definition) is 4. The summed E-state index contributed by atoms with van der Waals surface area (Å²) in [7, 11) is 0. The first-order chi connectivity index (χ1) is 7.54. The minimum absolute atomic E-state index is 0.219. The maximum Gasteiger partial charge on any atom is 0.408 e. The van der Waals surface area contributed by atoms with Gasteiger partial charge in [0.1, 0.15) is 12.9 Å². The van der Waals surface area contributed by atoms with E-state index in [1.807, 2.05) is 0 Å². The van der Waals surface area contributed by atoms with Gasteiger partial charge in [-0.25, -0.2) is 9.67 Å². The second-order valence-corrected chi connectivity index (χ2v) is 3.50. The Bertz CT molecular complexity index is 345. The predicted molar refractivity (Wildman–Crippen MR) is 47.6 cm³/mol. The summed E-state index contributed by atoms with van der Waals surface area (Å²) >= 11 is 0. The molecule has 0 amide bonds. The van der Waals surface area contributed by atoms with Gasteiger partial charge in [0.15, 0.2) is 5.82 Å². The van der Waals surface area contributed by atoms with Crippen molar-refractivity contribution >= 4 is 0 Å². The van der Waals surface area contributed by atoms with Crippen LogP contribution in [-0.4, -0.2) is 40.7 Å². The smallest absolute Gasteiger partial charge is 0.378 e. The molecule has 1 aliphatic heterocycles. The fourth-order valence-corrected chi connectivity index (χ4v) is 1.46. The van der Waals surface area contributed by atoms with Crippen LogP contribution in [0, 0.1) is 0 Å². The Labute approximate surface area is 89.6 Å². The van der Waals surface area contributed by atoms with Crippen LogP contribution in [0.5, 0.6) is 0 Å². The highest BCUT2D eigenvalue weighted by Gasteiger charge is 2.29. The Balaban J connectivity index is 2.01. The minimum Gasteiger partial charge on any atom is -0.378 e. The van der Waals surface area contributed by atoms with Crippen molar-refractivity contribution in [1.29, 1.82) is 0 Å². The first-order valence-corrected chi connectivity index (χ1v) is 4.82. The molecular weight excluding hydrogens is 225 g/mol. The van der Waals surface area contributed by atoms with Gasteiger partial charge in [0.2, 0.25) is 0 Å². The van der Waals surface area contributed by atoms with Crippen LogP contribution in [-0.2, 0) is 11.3 Å². The van der Waals surface area contributed by atoms with Crippen LogP contribution in [0.4, 0.5) is 13.2 Å². The minimum atomic E-state index is -4.28. The molecule has 8 heteroatoms. The van der Waals surface area contributed by atoms with Crippen molar-refractivity contribution in [3.63, 3.8) is 0 Å². The molecule has 0 aromatic carbocycles. The van der Waals surface area contributed by atoms with E-state index in [1.165, 1.54) is 0 Å². The van der Waals surface area contributed by atoms with E-state index in [2.05, 4.69) is 15.4 Å². The zero-order chi connectivity index (χ0) is 11.6. The topological polar surface area (TPSA) is 52.0 Å². The van der Waals surface area contributed by atoms with Crippen LogP contribution in [0.25, 0.3) is 0 Å². The normalized spacial score (nSPS) is 22.3. The summed E-state index contributed by atoms with van der Waals surface area (Å²) in [6, 6.07) is -0.219. The largest absolute Gasteiger partial charge is 0.408 e. The van der Waals surface area contributed by atoms with Gasteiger partial charge >= 0.3 is 6.18 Å². The lowest BCUT2D eigenvalue weighted by Crippen LogP contribution is -2.35. The van der Waals surface area contributed by atoms with E-state index in [4.69, 9.17) is 4.74 Å². The highest BCUT2D eigenvalue weighted by atomic mass is 19.4. The molecule has 90 valence electrons. The molecule has 1 aromatic rings. The monoisotopic (exact) mass is 236 g/mol. The molecular formula is C8H11F3N4O. The van der Waals surface area contributed by atoms with Crippen molar-refractivity contribution < 1.29 is 17.9 Å². The van der Waals surface area contributed by atoms with Gasteiger partial charge in [-0.2, -0.15) is 18.3 Å². The predicted octanol–water partition coefficient (Wildman–Crippen LogP) is 0.501. The van der Waals surface area contributed by atoms with E-state index in [9.17, 15) is 13.2 Å². The van der Waals surface area contributed by atoms with E-state index >= 15 is 0 Å². The van der Waals surface area contributed by atoms with Gasteiger partial charge in [-0.15, -0.1) is 0 Å². The molecule has 2 rings (SSSR count). The van der Waals surface area contributed by atoms with Crippen molar-refractivity contribution in [2.45, 2.75) is 18.8 Å². The average molecular weight is 236 g/mol. The third kappa shape index (κ3) is 2.92. The summed E-state index contributed by atoms with van der Waals surface area (Å²) in [4.78, 5) is 3.83. The zero-order valence-corrected chi connectivity index (χ0v) is 8.37. The first kappa shape index (κ1) is 11.3. The molecule has 2 heterocycles. The van der Waals surface area contributed by atoms with E-state index in [1.54, 1.807) is 0 Å². The van der Waals surface area contributed by atoms with E-state index < -0.39 is 12.7 Å². The van der Waals surface area contributed by atoms with Gasteiger partial charge in [-0.3, -0.25) is 0 Å². The third-order valence-corrected chi connectivity index (χ3v) is 2.13. The maximum absolute atomic E-state index is 12.1. The number of alkyl halides is 3. The molecule has 0 spiro atoms. The van der Waals surface area contributed by atoms with Crippen LogP contribution in [0.2, 0.25) is 0 Å². The Kier molecular flexibility index (Phi) is 3.10. The molecule has 1 saturated heterocycles. The molecule has 1 fully saturated rings. The Morgan fingerprint density at radius 2 is 2.38 bits per heavy atom. The van der Waals surface area contributed by atoms with Gasteiger partial charge in [-0.1, -0.05) is 0 Å². The second kappa shape index (κ2) is 4.38. The van der Waals surface area contributed by atoms with Crippen molar-refractivity contribution in [2.75, 3.05) is 19.8 Å². The van der Waals surface area contributed by atoms with Crippen LogP contribution in [0.1, 0.15) is 11.9 Å². The molecule has 0 saturated carbocycles. The molecule has 16 heavy (non-hydrogen) atoms. The van der Waals surface area contributed by atoms with Gasteiger partial charge in [0.25, 0.3) is 0 Å². The van der Waals surface area contributed by atoms with Crippen LogP contribution < -0.4 is 5.32 Å². The lowest BCUT2D eigenvalue weighted by molar-refractivity contribution is -0.142. The molecule has 1 aliphatic rings.